The fraction of sp³-hybridized carbons (Fsp3) is 0. The number of hydrogen-bond donors (Lipinski definition) is 0. The lowest BCUT2D eigenvalue weighted by molar-refractivity contribution is 0.952. The van der Waals surface area contributed by atoms with Crippen LogP contribution >= 0.6 is 0 Å². The van der Waals surface area contributed by atoms with Crippen LogP contribution in [0.25, 0.3) is 122 Å². The van der Waals surface area contributed by atoms with E-state index in [0.29, 0.717) is 5.95 Å². The van der Waals surface area contributed by atoms with E-state index in [1.165, 1.54) is 43.4 Å². The maximum atomic E-state index is 5.65. The molecule has 6 nitrogen and oxygen atoms in total. The lowest BCUT2D eigenvalue weighted by atomic mass is 10.1. The van der Waals surface area contributed by atoms with Crippen LogP contribution in [0.2, 0.25) is 0 Å². The summed E-state index contributed by atoms with van der Waals surface area (Å²) in [5.74, 6) is 1.40. The molecule has 0 amide bonds. The van der Waals surface area contributed by atoms with Crippen LogP contribution in [0, 0.1) is 0 Å². The summed E-state index contributed by atoms with van der Waals surface area (Å²) in [4.78, 5) is 11.1. The maximum absolute atomic E-state index is 5.65. The SMILES string of the molecule is c1ccc(-c2cc(-n3c4ccccc4c4cc5c6ccccc6n(-c6ccccc6)c5cc43)nc(-n3c4ccccc4c4cc5c6ccccc6n(-c6ccccc6)c5cc43)n2)cc1. The van der Waals surface area contributed by atoms with Gasteiger partial charge in [-0.3, -0.25) is 9.13 Å². The molecular formula is C58H36N6. The Morgan fingerprint density at radius 1 is 0.250 bits per heavy atom. The molecule has 0 unspecified atom stereocenters. The van der Waals surface area contributed by atoms with Crippen molar-refractivity contribution in [1.29, 1.82) is 0 Å². The minimum atomic E-state index is 0.606. The molecule has 5 heterocycles. The Balaban J connectivity index is 1.10. The molecule has 14 rings (SSSR count). The molecule has 0 aliphatic rings. The third kappa shape index (κ3) is 4.96. The molecule has 0 bridgehead atoms. The van der Waals surface area contributed by atoms with Crippen molar-refractivity contribution in [1.82, 2.24) is 28.2 Å². The number of rotatable bonds is 5. The van der Waals surface area contributed by atoms with Crippen LogP contribution in [0.1, 0.15) is 0 Å². The molecule has 14 aromatic rings. The number of benzene rings is 9. The second kappa shape index (κ2) is 13.4. The van der Waals surface area contributed by atoms with Crippen molar-refractivity contribution in [2.45, 2.75) is 0 Å². The molecular weight excluding hydrogens is 781 g/mol. The molecule has 0 atom stereocenters. The highest BCUT2D eigenvalue weighted by molar-refractivity contribution is 6.20. The van der Waals surface area contributed by atoms with E-state index in [4.69, 9.17) is 9.97 Å². The summed E-state index contributed by atoms with van der Waals surface area (Å²) in [6.45, 7) is 0. The van der Waals surface area contributed by atoms with Crippen LogP contribution in [0.3, 0.4) is 0 Å². The molecule has 0 radical (unpaired) electrons. The summed E-state index contributed by atoms with van der Waals surface area (Å²) in [5, 5.41) is 9.52. The van der Waals surface area contributed by atoms with Gasteiger partial charge in [-0.25, -0.2) is 4.98 Å². The first-order chi connectivity index (χ1) is 31.8. The predicted molar refractivity (Wildman–Crippen MR) is 265 cm³/mol. The topological polar surface area (TPSA) is 45.5 Å². The van der Waals surface area contributed by atoms with Crippen LogP contribution in [-0.2, 0) is 0 Å². The molecule has 0 aliphatic carbocycles. The second-order valence-electron chi connectivity index (χ2n) is 16.6. The zero-order chi connectivity index (χ0) is 41.9. The highest BCUT2D eigenvalue weighted by Gasteiger charge is 2.23. The van der Waals surface area contributed by atoms with Gasteiger partial charge in [0.2, 0.25) is 5.95 Å². The van der Waals surface area contributed by atoms with Crippen molar-refractivity contribution in [3.8, 4) is 34.4 Å². The van der Waals surface area contributed by atoms with Crippen LogP contribution in [0.5, 0.6) is 0 Å². The Morgan fingerprint density at radius 3 is 1.08 bits per heavy atom. The van der Waals surface area contributed by atoms with Gasteiger partial charge in [-0.15, -0.1) is 0 Å². The zero-order valence-corrected chi connectivity index (χ0v) is 34.5. The highest BCUT2D eigenvalue weighted by atomic mass is 15.2. The Bertz CT molecular complexity index is 3920. The van der Waals surface area contributed by atoms with Gasteiger partial charge in [0.1, 0.15) is 5.82 Å². The highest BCUT2D eigenvalue weighted by Crippen LogP contribution is 2.42. The first-order valence-corrected chi connectivity index (χ1v) is 21.8. The van der Waals surface area contributed by atoms with Gasteiger partial charge in [0.15, 0.2) is 0 Å². The third-order valence-electron chi connectivity index (χ3n) is 13.2. The molecule has 64 heavy (non-hydrogen) atoms. The summed E-state index contributed by atoms with van der Waals surface area (Å²) < 4.78 is 9.38. The van der Waals surface area contributed by atoms with E-state index in [0.717, 1.165) is 72.3 Å². The summed E-state index contributed by atoms with van der Waals surface area (Å²) in [6, 6.07) is 78.3. The predicted octanol–water partition coefficient (Wildman–Crippen LogP) is 14.5. The smallest absolute Gasteiger partial charge is 0.237 e. The van der Waals surface area contributed by atoms with E-state index in [1.807, 2.05) is 0 Å². The largest absolute Gasteiger partial charge is 0.309 e. The van der Waals surface area contributed by atoms with Gasteiger partial charge in [-0.2, -0.15) is 4.98 Å². The van der Waals surface area contributed by atoms with Crippen LogP contribution in [0.4, 0.5) is 0 Å². The monoisotopic (exact) mass is 816 g/mol. The van der Waals surface area contributed by atoms with Gasteiger partial charge in [-0.1, -0.05) is 140 Å². The van der Waals surface area contributed by atoms with Gasteiger partial charge in [-0.05, 0) is 72.8 Å². The molecule has 298 valence electrons. The van der Waals surface area contributed by atoms with E-state index in [-0.39, 0.29) is 0 Å². The van der Waals surface area contributed by atoms with Gasteiger partial charge in [0, 0.05) is 66.1 Å². The molecule has 5 aromatic heterocycles. The zero-order valence-electron chi connectivity index (χ0n) is 34.5. The van der Waals surface area contributed by atoms with E-state index >= 15 is 0 Å². The van der Waals surface area contributed by atoms with Crippen LogP contribution in [0.15, 0.2) is 218 Å². The van der Waals surface area contributed by atoms with Crippen LogP contribution < -0.4 is 0 Å². The summed E-state index contributed by atoms with van der Waals surface area (Å²) in [7, 11) is 0. The Labute approximate surface area is 366 Å². The van der Waals surface area contributed by atoms with E-state index in [9.17, 15) is 0 Å². The number of hydrogen-bond acceptors (Lipinski definition) is 2. The average Bonchev–Trinajstić information content (AvgIpc) is 4.07. The van der Waals surface area contributed by atoms with Gasteiger partial charge >= 0.3 is 0 Å². The Hall–Kier alpha value is -8.74. The van der Waals surface area contributed by atoms with Gasteiger partial charge in [0.05, 0.1) is 49.8 Å². The number of para-hydroxylation sites is 6. The minimum Gasteiger partial charge on any atom is -0.309 e. The molecule has 0 spiro atoms. The fourth-order valence-corrected chi connectivity index (χ4v) is 10.4. The first kappa shape index (κ1) is 34.9. The summed E-state index contributed by atoms with van der Waals surface area (Å²) in [5.41, 5.74) is 13.0. The van der Waals surface area contributed by atoms with Gasteiger partial charge < -0.3 is 9.13 Å². The van der Waals surface area contributed by atoms with Crippen molar-refractivity contribution >= 4 is 87.2 Å². The van der Waals surface area contributed by atoms with Crippen molar-refractivity contribution in [2.75, 3.05) is 0 Å². The number of fused-ring (bicyclic) bond motifs is 12. The summed E-state index contributed by atoms with van der Waals surface area (Å²) in [6.07, 6.45) is 0. The average molecular weight is 817 g/mol. The Kier molecular flexibility index (Phi) is 7.30. The molecule has 0 saturated carbocycles. The molecule has 0 aliphatic heterocycles. The molecule has 0 saturated heterocycles. The van der Waals surface area contributed by atoms with Gasteiger partial charge in [0.25, 0.3) is 0 Å². The lowest BCUT2D eigenvalue weighted by Gasteiger charge is -2.14. The quantitative estimate of drug-likeness (QED) is 0.174. The normalized spacial score (nSPS) is 12.1. The van der Waals surface area contributed by atoms with Crippen LogP contribution in [-0.4, -0.2) is 28.2 Å². The fourth-order valence-electron chi connectivity index (χ4n) is 10.4. The van der Waals surface area contributed by atoms with E-state index in [2.05, 4.69) is 237 Å². The number of aromatic nitrogens is 6. The third-order valence-corrected chi connectivity index (χ3v) is 13.2. The molecule has 9 aromatic carbocycles. The molecule has 0 fully saturated rings. The lowest BCUT2D eigenvalue weighted by Crippen LogP contribution is -2.07. The Morgan fingerprint density at radius 2 is 0.609 bits per heavy atom. The molecule has 6 heteroatoms. The molecule has 0 N–H and O–H groups in total. The van der Waals surface area contributed by atoms with Crippen molar-refractivity contribution < 1.29 is 0 Å². The number of nitrogens with zero attached hydrogens (tertiary/aromatic N) is 6. The minimum absolute atomic E-state index is 0.606. The van der Waals surface area contributed by atoms with E-state index < -0.39 is 0 Å². The summed E-state index contributed by atoms with van der Waals surface area (Å²) >= 11 is 0. The van der Waals surface area contributed by atoms with Crippen molar-refractivity contribution in [2.24, 2.45) is 0 Å². The standard InChI is InChI=1S/C58H36N6/c1-4-18-37(19-5-1)48-34-57(63-51-30-16-12-26-42(51)46-32-44-40-24-10-14-28-49(40)61(53(44)35-55(46)63)38-20-6-2-7-21-38)60-58(59-48)64-52-31-17-13-27-43(52)47-33-45-41-25-11-15-29-50(41)62(54(45)36-56(47)64)39-22-8-3-9-23-39/h1-36H. The van der Waals surface area contributed by atoms with Crippen molar-refractivity contribution in [3.05, 3.63) is 218 Å². The second-order valence-corrected chi connectivity index (χ2v) is 16.6. The van der Waals surface area contributed by atoms with E-state index in [1.54, 1.807) is 0 Å². The maximum Gasteiger partial charge on any atom is 0.237 e. The first-order valence-electron chi connectivity index (χ1n) is 21.8. The van der Waals surface area contributed by atoms with Crippen molar-refractivity contribution in [3.63, 3.8) is 0 Å².